The Morgan fingerprint density at radius 1 is 1.12 bits per heavy atom. The van der Waals surface area contributed by atoms with Crippen molar-refractivity contribution >= 4 is 17.4 Å². The fourth-order valence-corrected chi connectivity index (χ4v) is 3.29. The zero-order valence-electron chi connectivity index (χ0n) is 13.8. The summed E-state index contributed by atoms with van der Waals surface area (Å²) in [6, 6.07) is 11.4. The third-order valence-electron chi connectivity index (χ3n) is 4.45. The number of fused-ring (bicyclic) bond motifs is 5. The normalized spacial score (nSPS) is 15.9. The van der Waals surface area contributed by atoms with Crippen LogP contribution < -0.4 is 10.1 Å². The van der Waals surface area contributed by atoms with Gasteiger partial charge in [0.1, 0.15) is 11.7 Å². The Balaban J connectivity index is 1.79. The number of carbonyl (C=O) groups excluding carboxylic acids is 2. The van der Waals surface area contributed by atoms with Crippen LogP contribution in [0.3, 0.4) is 0 Å². The number of rotatable bonds is 2. The molecule has 0 spiro atoms. The van der Waals surface area contributed by atoms with E-state index in [1.807, 2.05) is 30.3 Å². The van der Waals surface area contributed by atoms with Crippen molar-refractivity contribution in [2.45, 2.75) is 26.7 Å². The molecular weight excluding hydrogens is 302 g/mol. The number of carbonyl (C=O) groups is 2. The molecule has 4 rings (SSSR count). The SMILES string of the molecule is CC(=O)Nc1cccc2c1C(=O)[C]1[C]2Oc2cc(C(C)C)ccc21. The lowest BCUT2D eigenvalue weighted by Gasteiger charge is -2.12. The van der Waals surface area contributed by atoms with Gasteiger partial charge in [0.2, 0.25) is 5.91 Å². The van der Waals surface area contributed by atoms with Gasteiger partial charge in [-0.15, -0.1) is 0 Å². The zero-order chi connectivity index (χ0) is 17.0. The third kappa shape index (κ3) is 2.06. The zero-order valence-corrected chi connectivity index (χ0v) is 13.8. The summed E-state index contributed by atoms with van der Waals surface area (Å²) < 4.78 is 6.02. The molecule has 1 amide bonds. The van der Waals surface area contributed by atoms with Crippen LogP contribution in [0.2, 0.25) is 0 Å². The maximum atomic E-state index is 13.0. The van der Waals surface area contributed by atoms with Crippen LogP contribution in [0.4, 0.5) is 5.69 Å². The second-order valence-electron chi connectivity index (χ2n) is 6.45. The van der Waals surface area contributed by atoms with Gasteiger partial charge in [-0.05, 0) is 23.6 Å². The highest BCUT2D eigenvalue weighted by Gasteiger charge is 2.51. The average molecular weight is 319 g/mol. The summed E-state index contributed by atoms with van der Waals surface area (Å²) in [5.74, 6) is 1.42. The maximum Gasteiger partial charge on any atom is 0.221 e. The van der Waals surface area contributed by atoms with Gasteiger partial charge < -0.3 is 10.1 Å². The summed E-state index contributed by atoms with van der Waals surface area (Å²) in [6.07, 6.45) is 0.595. The maximum absolute atomic E-state index is 13.0. The number of Topliss-reactive ketones (excluding diaryl/α,β-unsaturated/α-hetero) is 1. The fourth-order valence-electron chi connectivity index (χ4n) is 3.29. The molecule has 120 valence electrons. The number of amides is 1. The van der Waals surface area contributed by atoms with Crippen LogP contribution in [-0.2, 0) is 4.79 Å². The minimum atomic E-state index is -0.203. The second-order valence-corrected chi connectivity index (χ2v) is 6.45. The second kappa shape index (κ2) is 5.20. The van der Waals surface area contributed by atoms with Crippen molar-refractivity contribution in [3.8, 4) is 5.75 Å². The number of ether oxygens (including phenoxy) is 1. The van der Waals surface area contributed by atoms with Gasteiger partial charge in [0.25, 0.3) is 0 Å². The van der Waals surface area contributed by atoms with Crippen LogP contribution in [0, 0.1) is 12.0 Å². The molecule has 0 saturated carbocycles. The molecule has 4 nitrogen and oxygen atoms in total. The molecule has 0 bridgehead atoms. The average Bonchev–Trinajstić information content (AvgIpc) is 3.03. The Bertz CT molecular complexity index is 869. The number of nitrogens with one attached hydrogen (secondary N) is 1. The topological polar surface area (TPSA) is 55.4 Å². The molecule has 1 heterocycles. The van der Waals surface area contributed by atoms with E-state index in [1.54, 1.807) is 6.07 Å². The largest absolute Gasteiger partial charge is 0.476 e. The van der Waals surface area contributed by atoms with Crippen LogP contribution in [0.25, 0.3) is 0 Å². The van der Waals surface area contributed by atoms with Crippen molar-refractivity contribution in [3.63, 3.8) is 0 Å². The summed E-state index contributed by atoms with van der Waals surface area (Å²) in [4.78, 5) is 24.4. The smallest absolute Gasteiger partial charge is 0.221 e. The molecule has 0 unspecified atom stereocenters. The molecule has 4 heteroatoms. The number of anilines is 1. The first-order valence-electron chi connectivity index (χ1n) is 7.99. The quantitative estimate of drug-likeness (QED) is 0.914. The van der Waals surface area contributed by atoms with E-state index in [0.717, 1.165) is 16.9 Å². The summed E-state index contributed by atoms with van der Waals surface area (Å²) >= 11 is 0. The van der Waals surface area contributed by atoms with Gasteiger partial charge in [-0.3, -0.25) is 9.59 Å². The van der Waals surface area contributed by atoms with E-state index in [2.05, 4.69) is 19.2 Å². The first-order chi connectivity index (χ1) is 11.5. The highest BCUT2D eigenvalue weighted by atomic mass is 16.5. The van der Waals surface area contributed by atoms with Gasteiger partial charge in [0.05, 0.1) is 5.69 Å². The molecule has 0 aromatic heterocycles. The van der Waals surface area contributed by atoms with Crippen molar-refractivity contribution in [1.29, 1.82) is 0 Å². The van der Waals surface area contributed by atoms with E-state index in [0.29, 0.717) is 29.2 Å². The lowest BCUT2D eigenvalue weighted by molar-refractivity contribution is -0.114. The Morgan fingerprint density at radius 2 is 1.92 bits per heavy atom. The van der Waals surface area contributed by atoms with Gasteiger partial charge in [0.15, 0.2) is 11.9 Å². The predicted octanol–water partition coefficient (Wildman–Crippen LogP) is 3.86. The van der Waals surface area contributed by atoms with Crippen LogP contribution in [0.15, 0.2) is 36.4 Å². The van der Waals surface area contributed by atoms with Crippen molar-refractivity contribution < 1.29 is 14.3 Å². The number of benzene rings is 2. The number of hydrogen-bond donors (Lipinski definition) is 1. The molecule has 1 N–H and O–H groups in total. The van der Waals surface area contributed by atoms with Crippen LogP contribution in [-0.4, -0.2) is 11.7 Å². The first kappa shape index (κ1) is 14.9. The van der Waals surface area contributed by atoms with Crippen LogP contribution >= 0.6 is 0 Å². The molecular formula is C20H17NO3. The highest BCUT2D eigenvalue weighted by Crippen LogP contribution is 2.53. The molecule has 0 saturated heterocycles. The van der Waals surface area contributed by atoms with E-state index in [9.17, 15) is 9.59 Å². The summed E-state index contributed by atoms with van der Waals surface area (Å²) in [5, 5.41) is 2.73. The monoisotopic (exact) mass is 319 g/mol. The fraction of sp³-hybridized carbons (Fsp3) is 0.200. The van der Waals surface area contributed by atoms with Crippen molar-refractivity contribution in [1.82, 2.24) is 0 Å². The molecule has 2 aromatic rings. The number of ketones is 1. The molecule has 1 aliphatic heterocycles. The first-order valence-corrected chi connectivity index (χ1v) is 7.99. The molecule has 2 aliphatic rings. The van der Waals surface area contributed by atoms with Gasteiger partial charge in [-0.2, -0.15) is 0 Å². The lowest BCUT2D eigenvalue weighted by atomic mass is 9.92. The van der Waals surface area contributed by atoms with Gasteiger partial charge in [-0.25, -0.2) is 0 Å². The van der Waals surface area contributed by atoms with Gasteiger partial charge >= 0.3 is 0 Å². The van der Waals surface area contributed by atoms with Crippen molar-refractivity contribution in [3.05, 3.63) is 70.7 Å². The summed E-state index contributed by atoms with van der Waals surface area (Å²) in [5.41, 5.74) is 3.78. The summed E-state index contributed by atoms with van der Waals surface area (Å²) in [6.45, 7) is 5.68. The van der Waals surface area contributed by atoms with Crippen molar-refractivity contribution in [2.24, 2.45) is 0 Å². The van der Waals surface area contributed by atoms with E-state index in [-0.39, 0.29) is 11.7 Å². The van der Waals surface area contributed by atoms with E-state index in [4.69, 9.17) is 4.74 Å². The lowest BCUT2D eigenvalue weighted by Crippen LogP contribution is -2.12. The minimum Gasteiger partial charge on any atom is -0.476 e. The molecule has 24 heavy (non-hydrogen) atoms. The van der Waals surface area contributed by atoms with Crippen molar-refractivity contribution in [2.75, 3.05) is 5.32 Å². The molecule has 2 aromatic carbocycles. The van der Waals surface area contributed by atoms with Gasteiger partial charge in [-0.1, -0.05) is 38.1 Å². The Hall–Kier alpha value is -2.62. The standard InChI is InChI=1S/C20H17NO3/c1-10(2)12-7-8-13-16(9-12)24-20-14-5-4-6-15(21-11(3)22)17(14)19(23)18(13)20/h4-10H,1-3H3,(H,21,22). The molecule has 0 atom stereocenters. The number of hydrogen-bond acceptors (Lipinski definition) is 3. The molecule has 2 radical (unpaired) electrons. The van der Waals surface area contributed by atoms with Crippen LogP contribution in [0.1, 0.15) is 53.7 Å². The Morgan fingerprint density at radius 3 is 2.62 bits per heavy atom. The molecule has 0 fully saturated rings. The van der Waals surface area contributed by atoms with E-state index in [1.165, 1.54) is 12.5 Å². The van der Waals surface area contributed by atoms with E-state index >= 15 is 0 Å². The van der Waals surface area contributed by atoms with E-state index < -0.39 is 0 Å². The molecule has 1 aliphatic carbocycles. The Labute approximate surface area is 140 Å². The highest BCUT2D eigenvalue weighted by molar-refractivity contribution is 6.21. The predicted molar refractivity (Wildman–Crippen MR) is 90.9 cm³/mol. The Kier molecular flexibility index (Phi) is 3.23. The van der Waals surface area contributed by atoms with Crippen LogP contribution in [0.5, 0.6) is 5.75 Å². The third-order valence-corrected chi connectivity index (χ3v) is 4.45. The summed E-state index contributed by atoms with van der Waals surface area (Å²) in [7, 11) is 0. The van der Waals surface area contributed by atoms with Gasteiger partial charge in [0, 0.05) is 23.6 Å². The minimum absolute atomic E-state index is 0.0969.